The van der Waals surface area contributed by atoms with Crippen LogP contribution in [-0.2, 0) is 6.54 Å². The lowest BCUT2D eigenvalue weighted by molar-refractivity contribution is 0.0940. The van der Waals surface area contributed by atoms with E-state index in [0.29, 0.717) is 23.2 Å². The van der Waals surface area contributed by atoms with Crippen LogP contribution in [0, 0.1) is 5.41 Å². The molecule has 0 saturated heterocycles. The van der Waals surface area contributed by atoms with Crippen molar-refractivity contribution < 1.29 is 4.79 Å². The monoisotopic (exact) mass is 339 g/mol. The van der Waals surface area contributed by atoms with Gasteiger partial charge in [0.2, 0.25) is 0 Å². The lowest BCUT2D eigenvalue weighted by atomic mass is 10.2. The van der Waals surface area contributed by atoms with Crippen molar-refractivity contribution in [1.29, 1.82) is 5.41 Å². The summed E-state index contributed by atoms with van der Waals surface area (Å²) < 4.78 is 3.09. The zero-order valence-corrected chi connectivity index (χ0v) is 14.5. The Morgan fingerprint density at radius 2 is 2.12 bits per heavy atom. The highest BCUT2D eigenvalue weighted by Crippen LogP contribution is 2.11. The van der Waals surface area contributed by atoms with E-state index >= 15 is 0 Å². The average Bonchev–Trinajstić information content (AvgIpc) is 2.57. The number of rotatable bonds is 4. The van der Waals surface area contributed by atoms with Crippen molar-refractivity contribution in [2.75, 3.05) is 0 Å². The van der Waals surface area contributed by atoms with Crippen molar-refractivity contribution in [2.45, 2.75) is 39.8 Å². The van der Waals surface area contributed by atoms with E-state index in [2.05, 4.69) is 10.3 Å². The van der Waals surface area contributed by atoms with Gasteiger partial charge in [-0.1, -0.05) is 13.0 Å². The summed E-state index contributed by atoms with van der Waals surface area (Å²) in [6, 6.07) is 6.74. The molecule has 0 bridgehead atoms. The maximum atomic E-state index is 12.9. The Hall–Kier alpha value is -2.96. The third-order valence-electron chi connectivity index (χ3n) is 3.93. The maximum Gasteiger partial charge on any atom is 0.267 e. The van der Waals surface area contributed by atoms with Gasteiger partial charge in [-0.2, -0.15) is 0 Å². The van der Waals surface area contributed by atoms with Crippen molar-refractivity contribution in [2.24, 2.45) is 0 Å². The fourth-order valence-electron chi connectivity index (χ4n) is 2.84. The minimum Gasteiger partial charge on any atom is -0.350 e. The molecule has 0 aromatic carbocycles. The third-order valence-corrected chi connectivity index (χ3v) is 3.93. The van der Waals surface area contributed by atoms with Crippen LogP contribution in [0.4, 0.5) is 0 Å². The molecule has 3 aromatic rings. The van der Waals surface area contributed by atoms with Crippen LogP contribution >= 0.6 is 0 Å². The number of fused-ring (bicyclic) bond motifs is 2. The first-order chi connectivity index (χ1) is 11.9. The summed E-state index contributed by atoms with van der Waals surface area (Å²) in [7, 11) is 0. The van der Waals surface area contributed by atoms with Gasteiger partial charge in [0.1, 0.15) is 16.8 Å². The Morgan fingerprint density at radius 1 is 1.36 bits per heavy atom. The summed E-state index contributed by atoms with van der Waals surface area (Å²) in [5, 5.41) is 11.6. The molecule has 0 spiro atoms. The van der Waals surface area contributed by atoms with E-state index in [0.717, 1.165) is 6.42 Å². The highest BCUT2D eigenvalue weighted by atomic mass is 16.1. The molecule has 0 fully saturated rings. The van der Waals surface area contributed by atoms with Crippen molar-refractivity contribution in [3.63, 3.8) is 0 Å². The summed E-state index contributed by atoms with van der Waals surface area (Å²) in [6.07, 6.45) is 2.41. The fraction of sp³-hybridized carbons (Fsp3) is 0.333. The van der Waals surface area contributed by atoms with Gasteiger partial charge < -0.3 is 9.88 Å². The molecule has 3 rings (SSSR count). The summed E-state index contributed by atoms with van der Waals surface area (Å²) in [6.45, 7) is 6.19. The van der Waals surface area contributed by atoms with E-state index < -0.39 is 0 Å². The Labute approximate surface area is 144 Å². The highest BCUT2D eigenvalue weighted by molar-refractivity contribution is 5.96. The van der Waals surface area contributed by atoms with Crippen molar-refractivity contribution >= 4 is 22.6 Å². The number of hydrogen-bond acceptors (Lipinski definition) is 4. The number of carbonyl (C=O) groups excluding carboxylic acids is 1. The number of nitrogens with zero attached hydrogens (tertiary/aromatic N) is 3. The molecule has 0 aliphatic carbocycles. The minimum absolute atomic E-state index is 0.0574. The summed E-state index contributed by atoms with van der Waals surface area (Å²) in [5.74, 6) is -0.357. The first kappa shape index (κ1) is 16.9. The topological polar surface area (TPSA) is 92.2 Å². The van der Waals surface area contributed by atoms with Crippen LogP contribution in [0.15, 0.2) is 35.3 Å². The minimum atomic E-state index is -0.357. The Balaban J connectivity index is 2.41. The molecule has 0 aliphatic rings. The van der Waals surface area contributed by atoms with Gasteiger partial charge in [-0.05, 0) is 38.5 Å². The average molecular weight is 339 g/mol. The lowest BCUT2D eigenvalue weighted by Crippen LogP contribution is -2.37. The second kappa shape index (κ2) is 6.51. The third kappa shape index (κ3) is 2.93. The largest absolute Gasteiger partial charge is 0.350 e. The Bertz CT molecular complexity index is 1080. The summed E-state index contributed by atoms with van der Waals surface area (Å²) in [5.41, 5.74) is 0.959. The molecule has 3 aromatic heterocycles. The number of pyridine rings is 2. The molecule has 1 amide bonds. The Morgan fingerprint density at radius 3 is 2.80 bits per heavy atom. The Kier molecular flexibility index (Phi) is 4.39. The van der Waals surface area contributed by atoms with E-state index in [4.69, 9.17) is 5.41 Å². The predicted octanol–water partition coefficient (Wildman–Crippen LogP) is 1.68. The van der Waals surface area contributed by atoms with Gasteiger partial charge in [0.05, 0.1) is 10.9 Å². The van der Waals surface area contributed by atoms with Gasteiger partial charge in [-0.25, -0.2) is 4.98 Å². The van der Waals surface area contributed by atoms with Gasteiger partial charge in [-0.3, -0.25) is 19.4 Å². The first-order valence-electron chi connectivity index (χ1n) is 8.34. The quantitative estimate of drug-likeness (QED) is 0.708. The second-order valence-electron chi connectivity index (χ2n) is 6.27. The molecule has 0 unspecified atom stereocenters. The van der Waals surface area contributed by atoms with Crippen LogP contribution in [0.25, 0.3) is 16.7 Å². The number of nitrogens with one attached hydrogen (secondary N) is 2. The zero-order valence-electron chi connectivity index (χ0n) is 14.5. The van der Waals surface area contributed by atoms with E-state index in [9.17, 15) is 9.59 Å². The van der Waals surface area contributed by atoms with Crippen LogP contribution in [0.2, 0.25) is 0 Å². The van der Waals surface area contributed by atoms with Gasteiger partial charge in [0.15, 0.2) is 0 Å². The van der Waals surface area contributed by atoms with Crippen LogP contribution in [-0.4, -0.2) is 25.9 Å². The molecular formula is C18H21N5O2. The maximum absolute atomic E-state index is 12.9. The molecule has 0 aliphatic heterocycles. The van der Waals surface area contributed by atoms with Gasteiger partial charge in [-0.15, -0.1) is 0 Å². The molecule has 7 nitrogen and oxygen atoms in total. The van der Waals surface area contributed by atoms with E-state index in [-0.39, 0.29) is 28.6 Å². The number of carbonyl (C=O) groups is 1. The van der Waals surface area contributed by atoms with Gasteiger partial charge in [0.25, 0.3) is 11.5 Å². The molecule has 0 atom stereocenters. The van der Waals surface area contributed by atoms with Crippen molar-refractivity contribution in [1.82, 2.24) is 19.3 Å². The fourth-order valence-corrected chi connectivity index (χ4v) is 2.84. The molecule has 130 valence electrons. The first-order valence-corrected chi connectivity index (χ1v) is 8.34. The van der Waals surface area contributed by atoms with Gasteiger partial charge >= 0.3 is 0 Å². The molecule has 7 heteroatoms. The van der Waals surface area contributed by atoms with Crippen molar-refractivity contribution in [3.05, 3.63) is 51.9 Å². The molecule has 3 heterocycles. The van der Waals surface area contributed by atoms with Gasteiger partial charge in [0, 0.05) is 18.8 Å². The molecule has 2 N–H and O–H groups in total. The molecule has 0 saturated carbocycles. The predicted molar refractivity (Wildman–Crippen MR) is 95.7 cm³/mol. The number of hydrogen-bond donors (Lipinski definition) is 2. The summed E-state index contributed by atoms with van der Waals surface area (Å²) in [4.78, 5) is 29.9. The molecule has 0 radical (unpaired) electrons. The number of aromatic nitrogens is 3. The zero-order chi connectivity index (χ0) is 18.1. The normalized spacial score (nSPS) is 11.4. The smallest absolute Gasteiger partial charge is 0.267 e. The standard InChI is InChI=1S/C18H21N5O2/c1-4-8-23-15(19)12(17(24)20-11(2)3)10-13-16(23)21-14-7-5-6-9-22(14)18(13)25/h5-7,9-11,19H,4,8H2,1-3H3,(H,20,24). The SMILES string of the molecule is CCCn1c(=N)c(C(=O)NC(C)C)cc2c(=O)n3ccccc3nc21. The van der Waals surface area contributed by atoms with Crippen molar-refractivity contribution in [3.8, 4) is 0 Å². The van der Waals surface area contributed by atoms with Crippen LogP contribution in [0.5, 0.6) is 0 Å². The van der Waals surface area contributed by atoms with Crippen LogP contribution in [0.3, 0.4) is 0 Å². The van der Waals surface area contributed by atoms with E-state index in [1.165, 1.54) is 10.5 Å². The lowest BCUT2D eigenvalue weighted by Gasteiger charge is -2.15. The highest BCUT2D eigenvalue weighted by Gasteiger charge is 2.17. The van der Waals surface area contributed by atoms with Crippen LogP contribution in [0.1, 0.15) is 37.6 Å². The molecular weight excluding hydrogens is 318 g/mol. The summed E-state index contributed by atoms with van der Waals surface area (Å²) >= 11 is 0. The second-order valence-corrected chi connectivity index (χ2v) is 6.27. The molecule has 25 heavy (non-hydrogen) atoms. The number of aryl methyl sites for hydroxylation is 1. The van der Waals surface area contributed by atoms with Crippen LogP contribution < -0.4 is 16.4 Å². The van der Waals surface area contributed by atoms with E-state index in [1.54, 1.807) is 22.9 Å². The van der Waals surface area contributed by atoms with E-state index in [1.807, 2.05) is 26.8 Å². The number of amides is 1.